The Kier molecular flexibility index (Phi) is 6.81. The highest BCUT2D eigenvalue weighted by Gasteiger charge is 2.46. The molecule has 0 radical (unpaired) electrons. The van der Waals surface area contributed by atoms with Crippen LogP contribution in [0.5, 0.6) is 0 Å². The Morgan fingerprint density at radius 3 is 2.54 bits per heavy atom. The molecule has 1 aliphatic carbocycles. The summed E-state index contributed by atoms with van der Waals surface area (Å²) in [7, 11) is 0. The van der Waals surface area contributed by atoms with E-state index in [-0.39, 0.29) is 18.0 Å². The maximum atomic E-state index is 13.3. The summed E-state index contributed by atoms with van der Waals surface area (Å²) < 4.78 is 6.12. The molecule has 0 bridgehead atoms. The number of hydrogen-bond donors (Lipinski definition) is 2. The van der Waals surface area contributed by atoms with Crippen molar-refractivity contribution in [2.24, 2.45) is 0 Å². The van der Waals surface area contributed by atoms with Crippen LogP contribution in [0.15, 0.2) is 60.0 Å². The zero-order valence-electron chi connectivity index (χ0n) is 21.4. The van der Waals surface area contributed by atoms with Crippen molar-refractivity contribution in [3.8, 4) is 10.6 Å². The van der Waals surface area contributed by atoms with E-state index in [0.717, 1.165) is 34.5 Å². The molecule has 2 heterocycles. The normalized spacial score (nSPS) is 20.9. The molecule has 1 unspecified atom stereocenters. The number of benzene rings is 2. The van der Waals surface area contributed by atoms with Gasteiger partial charge in [-0.2, -0.15) is 0 Å². The average Bonchev–Trinajstić information content (AvgIpc) is 3.54. The lowest BCUT2D eigenvalue weighted by molar-refractivity contribution is -0.101. The van der Waals surface area contributed by atoms with Crippen LogP contribution < -0.4 is 5.32 Å². The largest absolute Gasteiger partial charge is 0.438 e. The molecule has 8 heteroatoms. The lowest BCUT2D eigenvalue weighted by Gasteiger charge is -2.45. The zero-order valence-corrected chi connectivity index (χ0v) is 22.3. The van der Waals surface area contributed by atoms with Gasteiger partial charge in [0.05, 0.1) is 11.6 Å². The molecule has 5 rings (SSSR count). The first-order valence-corrected chi connectivity index (χ1v) is 13.7. The van der Waals surface area contributed by atoms with Crippen molar-refractivity contribution >= 4 is 23.3 Å². The van der Waals surface area contributed by atoms with Crippen LogP contribution >= 0.6 is 11.3 Å². The predicted molar refractivity (Wildman–Crippen MR) is 143 cm³/mol. The van der Waals surface area contributed by atoms with Crippen LogP contribution in [0.4, 0.5) is 4.79 Å². The number of aliphatic hydroxyl groups is 1. The standard InChI is InChI=1S/C29H33N3O4S/c1-19(20-9-11-21(12-10-20)26-31-24(17-37-26)25(33)30-23-13-14-23)32-16-15-29(36-27(32)34,18-28(2,3)35)22-7-5-4-6-8-22/h4-12,17,19,23,35H,13-16,18H2,1-3H3,(H,30,33)/t19-,29?/m0/s1. The molecule has 194 valence electrons. The van der Waals surface area contributed by atoms with E-state index in [9.17, 15) is 14.7 Å². The maximum absolute atomic E-state index is 13.3. The van der Waals surface area contributed by atoms with Crippen LogP contribution in [0.1, 0.15) is 74.1 Å². The Labute approximate surface area is 221 Å². The van der Waals surface area contributed by atoms with Crippen molar-refractivity contribution in [2.45, 2.75) is 69.7 Å². The van der Waals surface area contributed by atoms with Gasteiger partial charge in [0, 0.05) is 36.4 Å². The van der Waals surface area contributed by atoms with Crippen LogP contribution in [-0.4, -0.2) is 45.2 Å². The minimum absolute atomic E-state index is 0.116. The van der Waals surface area contributed by atoms with E-state index in [1.165, 1.54) is 11.3 Å². The van der Waals surface area contributed by atoms with Crippen LogP contribution in [-0.2, 0) is 10.3 Å². The van der Waals surface area contributed by atoms with Gasteiger partial charge in [-0.1, -0.05) is 54.6 Å². The summed E-state index contributed by atoms with van der Waals surface area (Å²) in [6, 6.07) is 17.8. The van der Waals surface area contributed by atoms with E-state index in [4.69, 9.17) is 4.74 Å². The molecule has 3 aromatic rings. The fraction of sp³-hybridized carbons (Fsp3) is 0.414. The fourth-order valence-electron chi connectivity index (χ4n) is 4.97. The van der Waals surface area contributed by atoms with E-state index < -0.39 is 11.2 Å². The Morgan fingerprint density at radius 1 is 1.22 bits per heavy atom. The number of rotatable bonds is 8. The minimum Gasteiger partial charge on any atom is -0.438 e. The molecular formula is C29H33N3O4S. The summed E-state index contributed by atoms with van der Waals surface area (Å²) in [5.74, 6) is -0.116. The van der Waals surface area contributed by atoms with Crippen LogP contribution in [0.2, 0.25) is 0 Å². The van der Waals surface area contributed by atoms with Crippen molar-refractivity contribution in [1.29, 1.82) is 0 Å². The Morgan fingerprint density at radius 2 is 1.92 bits per heavy atom. The van der Waals surface area contributed by atoms with Crippen LogP contribution in [0.3, 0.4) is 0 Å². The number of carbonyl (C=O) groups is 2. The van der Waals surface area contributed by atoms with Gasteiger partial charge in [-0.15, -0.1) is 11.3 Å². The average molecular weight is 520 g/mol. The summed E-state index contributed by atoms with van der Waals surface area (Å²) in [4.78, 5) is 31.8. The van der Waals surface area contributed by atoms with Gasteiger partial charge in [-0.05, 0) is 44.7 Å². The summed E-state index contributed by atoms with van der Waals surface area (Å²) >= 11 is 1.45. The Balaban J connectivity index is 1.29. The lowest BCUT2D eigenvalue weighted by Crippen LogP contribution is -2.51. The third-order valence-electron chi connectivity index (χ3n) is 7.05. The van der Waals surface area contributed by atoms with Crippen molar-refractivity contribution in [2.75, 3.05) is 6.54 Å². The van der Waals surface area contributed by atoms with Crippen molar-refractivity contribution in [3.63, 3.8) is 0 Å². The molecule has 1 aromatic heterocycles. The topological polar surface area (TPSA) is 91.8 Å². The highest BCUT2D eigenvalue weighted by Crippen LogP contribution is 2.42. The summed E-state index contributed by atoms with van der Waals surface area (Å²) in [6.45, 7) is 5.99. The first-order chi connectivity index (χ1) is 17.6. The van der Waals surface area contributed by atoms with Gasteiger partial charge in [0.25, 0.3) is 5.91 Å². The maximum Gasteiger partial charge on any atom is 0.411 e. The number of carbonyl (C=O) groups excluding carboxylic acids is 2. The van der Waals surface area contributed by atoms with Crippen molar-refractivity contribution in [3.05, 3.63) is 76.8 Å². The molecule has 2 atom stereocenters. The van der Waals surface area contributed by atoms with Gasteiger partial charge >= 0.3 is 6.09 Å². The highest BCUT2D eigenvalue weighted by atomic mass is 32.1. The first kappa shape index (κ1) is 25.4. The van der Waals surface area contributed by atoms with Gasteiger partial charge in [0.15, 0.2) is 0 Å². The lowest BCUT2D eigenvalue weighted by atomic mass is 9.80. The highest BCUT2D eigenvalue weighted by molar-refractivity contribution is 7.13. The monoisotopic (exact) mass is 519 g/mol. The molecule has 0 spiro atoms. The molecule has 7 nitrogen and oxygen atoms in total. The van der Waals surface area contributed by atoms with Gasteiger partial charge in [-0.3, -0.25) is 4.79 Å². The Hall–Kier alpha value is -3.23. The fourth-order valence-corrected chi connectivity index (χ4v) is 5.78. The quantitative estimate of drug-likeness (QED) is 0.401. The Bertz CT molecular complexity index is 1260. The summed E-state index contributed by atoms with van der Waals surface area (Å²) in [5.41, 5.74) is 1.41. The van der Waals surface area contributed by atoms with Gasteiger partial charge in [0.2, 0.25) is 0 Å². The molecule has 1 saturated heterocycles. The molecule has 2 amide bonds. The summed E-state index contributed by atoms with van der Waals surface area (Å²) in [5, 5.41) is 16.1. The molecule has 2 N–H and O–H groups in total. The van der Waals surface area contributed by atoms with Crippen molar-refractivity contribution in [1.82, 2.24) is 15.2 Å². The smallest absolute Gasteiger partial charge is 0.411 e. The minimum atomic E-state index is -0.992. The van der Waals surface area contributed by atoms with Crippen LogP contribution in [0, 0.1) is 0 Å². The number of ether oxygens (including phenoxy) is 1. The molecular weight excluding hydrogens is 486 g/mol. The molecule has 2 fully saturated rings. The molecule has 2 aliphatic rings. The van der Waals surface area contributed by atoms with E-state index in [2.05, 4.69) is 10.3 Å². The third-order valence-corrected chi connectivity index (χ3v) is 7.94. The molecule has 37 heavy (non-hydrogen) atoms. The number of thiazole rings is 1. The molecule has 1 saturated carbocycles. The van der Waals surface area contributed by atoms with Crippen LogP contribution in [0.25, 0.3) is 10.6 Å². The summed E-state index contributed by atoms with van der Waals surface area (Å²) in [6.07, 6.45) is 2.60. The second-order valence-corrected chi connectivity index (χ2v) is 11.6. The van der Waals surface area contributed by atoms with Gasteiger partial charge in [0.1, 0.15) is 16.3 Å². The third kappa shape index (κ3) is 5.70. The van der Waals surface area contributed by atoms with Gasteiger partial charge < -0.3 is 20.1 Å². The first-order valence-electron chi connectivity index (χ1n) is 12.8. The second-order valence-electron chi connectivity index (χ2n) is 10.7. The number of amides is 2. The molecule has 2 aromatic carbocycles. The van der Waals surface area contributed by atoms with E-state index >= 15 is 0 Å². The number of hydrogen-bond acceptors (Lipinski definition) is 6. The van der Waals surface area contributed by atoms with Gasteiger partial charge in [-0.25, -0.2) is 9.78 Å². The number of nitrogens with zero attached hydrogens (tertiary/aromatic N) is 2. The van der Waals surface area contributed by atoms with E-state index in [1.54, 1.807) is 24.1 Å². The van der Waals surface area contributed by atoms with E-state index in [1.807, 2.05) is 61.5 Å². The van der Waals surface area contributed by atoms with Crippen molar-refractivity contribution < 1.29 is 19.4 Å². The van der Waals surface area contributed by atoms with E-state index in [0.29, 0.717) is 31.1 Å². The second kappa shape index (κ2) is 9.91. The number of cyclic esters (lactones) is 1. The zero-order chi connectivity index (χ0) is 26.2. The number of aromatic nitrogens is 1. The molecule has 1 aliphatic heterocycles. The SMILES string of the molecule is C[C@@H](c1ccc(-c2nc(C(=O)NC3CC3)cs2)cc1)N1CCC(CC(C)(C)O)(c2ccccc2)OC1=O. The number of nitrogens with one attached hydrogen (secondary N) is 1. The predicted octanol–water partition coefficient (Wildman–Crippen LogP) is 5.66.